The van der Waals surface area contributed by atoms with Crippen LogP contribution in [-0.2, 0) is 11.2 Å². The van der Waals surface area contributed by atoms with E-state index < -0.39 is 0 Å². The van der Waals surface area contributed by atoms with E-state index in [0.717, 1.165) is 5.56 Å². The summed E-state index contributed by atoms with van der Waals surface area (Å²) in [5.41, 5.74) is 2.21. The van der Waals surface area contributed by atoms with Gasteiger partial charge in [-0.25, -0.2) is 0 Å². The monoisotopic (exact) mass is 327 g/mol. The summed E-state index contributed by atoms with van der Waals surface area (Å²) < 4.78 is 5.18. The molecule has 3 aromatic rings. The number of carbonyl (C=O) groups excluding carboxylic acids is 1. The molecule has 0 saturated carbocycles. The summed E-state index contributed by atoms with van der Waals surface area (Å²) in [6.45, 7) is 1.74. The predicted molar refractivity (Wildman–Crippen MR) is 88.3 cm³/mol. The standard InChI is InChI=1S/C17H14ClN3O2/c1-11-19-17(23-21-11)14-4-2-3-5-15(14)20-16(22)10-12-6-8-13(18)9-7-12/h2-9H,10H2,1H3,(H,20,22). The van der Waals surface area contributed by atoms with Crippen LogP contribution in [0.4, 0.5) is 5.69 Å². The smallest absolute Gasteiger partial charge is 0.260 e. The molecule has 0 unspecified atom stereocenters. The summed E-state index contributed by atoms with van der Waals surface area (Å²) in [7, 11) is 0. The van der Waals surface area contributed by atoms with Gasteiger partial charge in [-0.1, -0.05) is 41.0 Å². The van der Waals surface area contributed by atoms with Crippen LogP contribution < -0.4 is 5.32 Å². The van der Waals surface area contributed by atoms with Crippen LogP contribution in [-0.4, -0.2) is 16.0 Å². The van der Waals surface area contributed by atoms with Crippen LogP contribution in [0.5, 0.6) is 0 Å². The molecule has 2 aromatic carbocycles. The van der Waals surface area contributed by atoms with Gasteiger partial charge >= 0.3 is 0 Å². The first kappa shape index (κ1) is 15.2. The Morgan fingerprint density at radius 3 is 2.61 bits per heavy atom. The topological polar surface area (TPSA) is 68.0 Å². The normalized spacial score (nSPS) is 10.5. The van der Waals surface area contributed by atoms with E-state index in [9.17, 15) is 4.79 Å². The molecule has 0 radical (unpaired) electrons. The first-order chi connectivity index (χ1) is 11.1. The molecule has 0 atom stereocenters. The van der Waals surface area contributed by atoms with Crippen molar-refractivity contribution in [1.82, 2.24) is 10.1 Å². The predicted octanol–water partition coefficient (Wildman–Crippen LogP) is 3.88. The van der Waals surface area contributed by atoms with E-state index in [-0.39, 0.29) is 12.3 Å². The van der Waals surface area contributed by atoms with Crippen LogP contribution in [0.15, 0.2) is 53.1 Å². The highest BCUT2D eigenvalue weighted by molar-refractivity contribution is 6.30. The molecule has 1 amide bonds. The third-order valence-corrected chi connectivity index (χ3v) is 3.49. The fraction of sp³-hybridized carbons (Fsp3) is 0.118. The lowest BCUT2D eigenvalue weighted by molar-refractivity contribution is -0.115. The van der Waals surface area contributed by atoms with Gasteiger partial charge in [-0.3, -0.25) is 4.79 Å². The highest BCUT2D eigenvalue weighted by Gasteiger charge is 2.13. The van der Waals surface area contributed by atoms with Crippen molar-refractivity contribution < 1.29 is 9.32 Å². The number of carbonyl (C=O) groups is 1. The lowest BCUT2D eigenvalue weighted by Gasteiger charge is -2.08. The maximum Gasteiger partial charge on any atom is 0.260 e. The Labute approximate surface area is 138 Å². The molecule has 0 spiro atoms. The summed E-state index contributed by atoms with van der Waals surface area (Å²) in [6.07, 6.45) is 0.258. The SMILES string of the molecule is Cc1noc(-c2ccccc2NC(=O)Cc2ccc(Cl)cc2)n1. The minimum absolute atomic E-state index is 0.129. The summed E-state index contributed by atoms with van der Waals surface area (Å²) in [4.78, 5) is 16.4. The lowest BCUT2D eigenvalue weighted by Crippen LogP contribution is -2.15. The molecule has 116 valence electrons. The highest BCUT2D eigenvalue weighted by atomic mass is 35.5. The van der Waals surface area contributed by atoms with Gasteiger partial charge in [0.15, 0.2) is 5.82 Å². The van der Waals surface area contributed by atoms with Gasteiger partial charge in [-0.2, -0.15) is 4.98 Å². The van der Waals surface area contributed by atoms with Crippen molar-refractivity contribution in [2.75, 3.05) is 5.32 Å². The number of rotatable bonds is 4. The Bertz CT molecular complexity index is 828. The Morgan fingerprint density at radius 2 is 1.91 bits per heavy atom. The zero-order chi connectivity index (χ0) is 16.2. The molecule has 3 rings (SSSR count). The van der Waals surface area contributed by atoms with Crippen molar-refractivity contribution in [3.63, 3.8) is 0 Å². The van der Waals surface area contributed by atoms with Crippen molar-refractivity contribution in [2.24, 2.45) is 0 Å². The fourth-order valence-corrected chi connectivity index (χ4v) is 2.29. The van der Waals surface area contributed by atoms with E-state index in [4.69, 9.17) is 16.1 Å². The number of amides is 1. The molecule has 23 heavy (non-hydrogen) atoms. The number of nitrogens with one attached hydrogen (secondary N) is 1. The number of hydrogen-bond donors (Lipinski definition) is 1. The molecule has 0 saturated heterocycles. The first-order valence-corrected chi connectivity index (χ1v) is 7.43. The fourth-order valence-electron chi connectivity index (χ4n) is 2.17. The third-order valence-electron chi connectivity index (χ3n) is 3.24. The van der Waals surface area contributed by atoms with Gasteiger partial charge < -0.3 is 9.84 Å². The van der Waals surface area contributed by atoms with Crippen LogP contribution in [0.1, 0.15) is 11.4 Å². The average molecular weight is 328 g/mol. The summed E-state index contributed by atoms with van der Waals surface area (Å²) in [5, 5.41) is 7.30. The van der Waals surface area contributed by atoms with Crippen LogP contribution >= 0.6 is 11.6 Å². The van der Waals surface area contributed by atoms with Crippen LogP contribution in [0.3, 0.4) is 0 Å². The zero-order valence-corrected chi connectivity index (χ0v) is 13.2. The van der Waals surface area contributed by atoms with E-state index in [0.29, 0.717) is 28.0 Å². The molecule has 1 heterocycles. The van der Waals surface area contributed by atoms with Crippen molar-refractivity contribution in [3.8, 4) is 11.5 Å². The number of nitrogens with zero attached hydrogens (tertiary/aromatic N) is 2. The molecule has 1 N–H and O–H groups in total. The highest BCUT2D eigenvalue weighted by Crippen LogP contribution is 2.26. The number of aromatic nitrogens is 2. The summed E-state index contributed by atoms with van der Waals surface area (Å²) in [6, 6.07) is 14.5. The van der Waals surface area contributed by atoms with Gasteiger partial charge in [0.05, 0.1) is 17.7 Å². The Morgan fingerprint density at radius 1 is 1.17 bits per heavy atom. The maximum absolute atomic E-state index is 12.2. The Balaban J connectivity index is 1.77. The summed E-state index contributed by atoms with van der Waals surface area (Å²) in [5.74, 6) is 0.795. The number of para-hydroxylation sites is 1. The van der Waals surface area contributed by atoms with Gasteiger partial charge in [0, 0.05) is 5.02 Å². The molecule has 6 heteroatoms. The van der Waals surface area contributed by atoms with Crippen molar-refractivity contribution >= 4 is 23.2 Å². The minimum atomic E-state index is -0.129. The molecule has 0 fully saturated rings. The number of halogens is 1. The molecule has 0 aliphatic heterocycles. The molecular weight excluding hydrogens is 314 g/mol. The summed E-state index contributed by atoms with van der Waals surface area (Å²) >= 11 is 5.84. The molecule has 5 nitrogen and oxygen atoms in total. The van der Waals surface area contributed by atoms with Gasteiger partial charge in [-0.15, -0.1) is 0 Å². The Kier molecular flexibility index (Phi) is 4.39. The molecule has 1 aromatic heterocycles. The van der Waals surface area contributed by atoms with Crippen molar-refractivity contribution in [1.29, 1.82) is 0 Å². The molecular formula is C17H14ClN3O2. The second-order valence-corrected chi connectivity index (χ2v) is 5.48. The van der Waals surface area contributed by atoms with Crippen LogP contribution in [0, 0.1) is 6.92 Å². The molecule has 0 aliphatic rings. The van der Waals surface area contributed by atoms with E-state index in [1.165, 1.54) is 0 Å². The number of hydrogen-bond acceptors (Lipinski definition) is 4. The van der Waals surface area contributed by atoms with Crippen molar-refractivity contribution in [2.45, 2.75) is 13.3 Å². The van der Waals surface area contributed by atoms with Gasteiger partial charge in [0.25, 0.3) is 5.89 Å². The van der Waals surface area contributed by atoms with Gasteiger partial charge in [-0.05, 0) is 36.8 Å². The number of anilines is 1. The Hall–Kier alpha value is -2.66. The van der Waals surface area contributed by atoms with Gasteiger partial charge in [0.1, 0.15) is 0 Å². The van der Waals surface area contributed by atoms with E-state index in [2.05, 4.69) is 15.5 Å². The average Bonchev–Trinajstić information content (AvgIpc) is 2.96. The first-order valence-electron chi connectivity index (χ1n) is 7.06. The quantitative estimate of drug-likeness (QED) is 0.789. The van der Waals surface area contributed by atoms with Gasteiger partial charge in [0.2, 0.25) is 5.91 Å². The lowest BCUT2D eigenvalue weighted by atomic mass is 10.1. The van der Waals surface area contributed by atoms with Crippen LogP contribution in [0.2, 0.25) is 5.02 Å². The number of benzene rings is 2. The largest absolute Gasteiger partial charge is 0.334 e. The zero-order valence-electron chi connectivity index (χ0n) is 12.4. The van der Waals surface area contributed by atoms with E-state index in [1.54, 1.807) is 25.1 Å². The maximum atomic E-state index is 12.2. The second kappa shape index (κ2) is 6.62. The van der Waals surface area contributed by atoms with E-state index >= 15 is 0 Å². The second-order valence-electron chi connectivity index (χ2n) is 5.04. The molecule has 0 bridgehead atoms. The van der Waals surface area contributed by atoms with Crippen LogP contribution in [0.25, 0.3) is 11.5 Å². The third kappa shape index (κ3) is 3.76. The van der Waals surface area contributed by atoms with Crippen molar-refractivity contribution in [3.05, 3.63) is 64.9 Å². The molecule has 0 aliphatic carbocycles. The number of aryl methyl sites for hydroxylation is 1. The van der Waals surface area contributed by atoms with E-state index in [1.807, 2.05) is 30.3 Å². The minimum Gasteiger partial charge on any atom is -0.334 e.